The topological polar surface area (TPSA) is 35.2 Å². The van der Waals surface area contributed by atoms with Crippen molar-refractivity contribution in [2.24, 2.45) is 5.73 Å². The van der Waals surface area contributed by atoms with Gasteiger partial charge in [0.05, 0.1) is 12.1 Å². The van der Waals surface area contributed by atoms with Gasteiger partial charge in [-0.3, -0.25) is 0 Å². The van der Waals surface area contributed by atoms with Crippen molar-refractivity contribution in [3.8, 4) is 17.6 Å². The van der Waals surface area contributed by atoms with E-state index in [9.17, 15) is 8.78 Å². The molecule has 0 saturated heterocycles. The van der Waals surface area contributed by atoms with E-state index in [1.54, 1.807) is 12.1 Å². The van der Waals surface area contributed by atoms with Crippen LogP contribution in [-0.4, -0.2) is 6.54 Å². The summed E-state index contributed by atoms with van der Waals surface area (Å²) < 4.78 is 31.7. The normalized spacial score (nSPS) is 9.75. The summed E-state index contributed by atoms with van der Waals surface area (Å²) in [6.07, 6.45) is 0. The van der Waals surface area contributed by atoms with Crippen molar-refractivity contribution < 1.29 is 13.5 Å². The zero-order valence-electron chi connectivity index (χ0n) is 10.7. The van der Waals surface area contributed by atoms with E-state index < -0.39 is 5.82 Å². The largest absolute Gasteiger partial charge is 0.489 e. The molecule has 0 heterocycles. The van der Waals surface area contributed by atoms with Gasteiger partial charge in [0.1, 0.15) is 24.0 Å². The van der Waals surface area contributed by atoms with E-state index in [-0.39, 0.29) is 24.5 Å². The fourth-order valence-corrected chi connectivity index (χ4v) is 1.60. The van der Waals surface area contributed by atoms with Crippen molar-refractivity contribution in [1.82, 2.24) is 0 Å². The maximum atomic E-state index is 13.5. The highest BCUT2D eigenvalue weighted by atomic mass is 19.1. The molecular weight excluding hydrogens is 260 g/mol. The first-order valence-corrected chi connectivity index (χ1v) is 6.05. The monoisotopic (exact) mass is 273 g/mol. The molecule has 2 nitrogen and oxygen atoms in total. The Morgan fingerprint density at radius 3 is 2.50 bits per heavy atom. The highest BCUT2D eigenvalue weighted by molar-refractivity contribution is 5.38. The average molecular weight is 273 g/mol. The predicted molar refractivity (Wildman–Crippen MR) is 73.1 cm³/mol. The highest BCUT2D eigenvalue weighted by Crippen LogP contribution is 2.15. The summed E-state index contributed by atoms with van der Waals surface area (Å²) in [5.74, 6) is 5.11. The fourth-order valence-electron chi connectivity index (χ4n) is 1.60. The summed E-state index contributed by atoms with van der Waals surface area (Å²) in [4.78, 5) is 0. The molecule has 0 aliphatic carbocycles. The van der Waals surface area contributed by atoms with Gasteiger partial charge < -0.3 is 10.5 Å². The summed E-state index contributed by atoms with van der Waals surface area (Å²) in [6.45, 7) is 0.430. The number of nitrogens with two attached hydrogens (primary N) is 1. The maximum absolute atomic E-state index is 13.5. The molecule has 0 atom stereocenters. The van der Waals surface area contributed by atoms with Crippen LogP contribution >= 0.6 is 0 Å². The minimum atomic E-state index is -0.392. The Labute approximate surface area is 116 Å². The molecule has 0 aliphatic heterocycles. The molecule has 0 fully saturated rings. The Morgan fingerprint density at radius 1 is 1.05 bits per heavy atom. The Hall–Kier alpha value is -2.38. The van der Waals surface area contributed by atoms with Gasteiger partial charge in [-0.25, -0.2) is 8.78 Å². The fraction of sp³-hybridized carbons (Fsp3) is 0.125. The first-order chi connectivity index (χ1) is 9.69. The third-order valence-corrected chi connectivity index (χ3v) is 2.58. The molecular formula is C16H13F2NO. The molecule has 4 heteroatoms. The third-order valence-electron chi connectivity index (χ3n) is 2.58. The molecule has 2 aromatic carbocycles. The smallest absolute Gasteiger partial charge is 0.138 e. The number of benzene rings is 2. The number of hydrogen-bond donors (Lipinski definition) is 1. The molecule has 0 saturated carbocycles. The number of rotatable bonds is 3. The molecule has 0 aliphatic rings. The lowest BCUT2D eigenvalue weighted by molar-refractivity contribution is 0.305. The molecule has 0 spiro atoms. The van der Waals surface area contributed by atoms with Crippen LogP contribution in [0, 0.1) is 23.5 Å². The van der Waals surface area contributed by atoms with Crippen LogP contribution in [-0.2, 0) is 6.61 Å². The molecule has 2 rings (SSSR count). The van der Waals surface area contributed by atoms with Crippen LogP contribution in [0.4, 0.5) is 8.78 Å². The van der Waals surface area contributed by atoms with Gasteiger partial charge in [0.25, 0.3) is 0 Å². The number of hydrogen-bond acceptors (Lipinski definition) is 2. The Kier molecular flexibility index (Phi) is 4.70. The SMILES string of the molecule is NCC#Cc1cc(COc2ccc(F)cc2)ccc1F. The Balaban J connectivity index is 2.08. The zero-order valence-corrected chi connectivity index (χ0v) is 10.7. The van der Waals surface area contributed by atoms with Crippen LogP contribution in [0.2, 0.25) is 0 Å². The van der Waals surface area contributed by atoms with E-state index in [4.69, 9.17) is 10.5 Å². The average Bonchev–Trinajstić information content (AvgIpc) is 2.46. The first kappa shape index (κ1) is 14.0. The minimum absolute atomic E-state index is 0.176. The summed E-state index contributed by atoms with van der Waals surface area (Å²) in [6, 6.07) is 10.3. The number of ether oxygens (including phenoxy) is 1. The van der Waals surface area contributed by atoms with Gasteiger partial charge in [-0.2, -0.15) is 0 Å². The molecule has 0 aromatic heterocycles. The third kappa shape index (κ3) is 3.81. The van der Waals surface area contributed by atoms with E-state index in [0.717, 1.165) is 5.56 Å². The van der Waals surface area contributed by atoms with E-state index in [2.05, 4.69) is 11.8 Å². The number of halogens is 2. The molecule has 0 amide bonds. The van der Waals surface area contributed by atoms with Crippen LogP contribution < -0.4 is 10.5 Å². The van der Waals surface area contributed by atoms with Crippen LogP contribution in [0.5, 0.6) is 5.75 Å². The van der Waals surface area contributed by atoms with Crippen molar-refractivity contribution in [2.45, 2.75) is 6.61 Å². The second-order valence-corrected chi connectivity index (χ2v) is 4.06. The molecule has 2 N–H and O–H groups in total. The van der Waals surface area contributed by atoms with E-state index in [0.29, 0.717) is 5.75 Å². The predicted octanol–water partition coefficient (Wildman–Crippen LogP) is 2.85. The van der Waals surface area contributed by atoms with Gasteiger partial charge in [-0.05, 0) is 42.0 Å². The van der Waals surface area contributed by atoms with Crippen LogP contribution in [0.3, 0.4) is 0 Å². The second-order valence-electron chi connectivity index (χ2n) is 4.06. The lowest BCUT2D eigenvalue weighted by Gasteiger charge is -2.07. The van der Waals surface area contributed by atoms with Gasteiger partial charge in [0.15, 0.2) is 0 Å². The molecule has 102 valence electrons. The van der Waals surface area contributed by atoms with E-state index >= 15 is 0 Å². The standard InChI is InChI=1S/C16H13F2NO/c17-14-4-6-15(7-5-14)20-11-12-3-8-16(18)13(10-12)2-1-9-19/h3-8,10H,9,11,19H2. The minimum Gasteiger partial charge on any atom is -0.489 e. The van der Waals surface area contributed by atoms with Crippen molar-refractivity contribution in [1.29, 1.82) is 0 Å². The van der Waals surface area contributed by atoms with Gasteiger partial charge in [0.2, 0.25) is 0 Å². The van der Waals surface area contributed by atoms with E-state index in [1.807, 2.05) is 0 Å². The van der Waals surface area contributed by atoms with Gasteiger partial charge in [0, 0.05) is 0 Å². The lowest BCUT2D eigenvalue weighted by Crippen LogP contribution is -1.98. The van der Waals surface area contributed by atoms with E-state index in [1.165, 1.54) is 30.3 Å². The molecule has 0 bridgehead atoms. The molecule has 2 aromatic rings. The van der Waals surface area contributed by atoms with Crippen molar-refractivity contribution in [2.75, 3.05) is 6.54 Å². The van der Waals surface area contributed by atoms with Crippen LogP contribution in [0.1, 0.15) is 11.1 Å². The molecule has 0 unspecified atom stereocenters. The van der Waals surface area contributed by atoms with Gasteiger partial charge >= 0.3 is 0 Å². The summed E-state index contributed by atoms with van der Waals surface area (Å²) >= 11 is 0. The molecule has 0 radical (unpaired) electrons. The highest BCUT2D eigenvalue weighted by Gasteiger charge is 2.02. The summed E-state index contributed by atoms with van der Waals surface area (Å²) in [5, 5.41) is 0. The summed E-state index contributed by atoms with van der Waals surface area (Å²) in [5.41, 5.74) is 6.32. The lowest BCUT2D eigenvalue weighted by atomic mass is 10.1. The van der Waals surface area contributed by atoms with Crippen LogP contribution in [0.25, 0.3) is 0 Å². The first-order valence-electron chi connectivity index (χ1n) is 6.05. The Bertz CT molecular complexity index is 642. The summed E-state index contributed by atoms with van der Waals surface area (Å²) in [7, 11) is 0. The Morgan fingerprint density at radius 2 is 1.80 bits per heavy atom. The van der Waals surface area contributed by atoms with Crippen molar-refractivity contribution in [3.63, 3.8) is 0 Å². The van der Waals surface area contributed by atoms with Crippen molar-refractivity contribution in [3.05, 3.63) is 65.2 Å². The molecule has 20 heavy (non-hydrogen) atoms. The van der Waals surface area contributed by atoms with Gasteiger partial charge in [-0.1, -0.05) is 17.9 Å². The maximum Gasteiger partial charge on any atom is 0.138 e. The van der Waals surface area contributed by atoms with Crippen molar-refractivity contribution >= 4 is 0 Å². The quantitative estimate of drug-likeness (QED) is 0.873. The van der Waals surface area contributed by atoms with Gasteiger partial charge in [-0.15, -0.1) is 0 Å². The van der Waals surface area contributed by atoms with Crippen LogP contribution in [0.15, 0.2) is 42.5 Å². The second kappa shape index (κ2) is 6.69. The zero-order chi connectivity index (χ0) is 14.4.